The minimum Gasteiger partial charge on any atom is -0.396 e. The number of ether oxygens (including phenoxy) is 1. The predicted octanol–water partition coefficient (Wildman–Crippen LogP) is 2.35. The van der Waals surface area contributed by atoms with E-state index < -0.39 is 0 Å². The van der Waals surface area contributed by atoms with Crippen LogP contribution in [0.5, 0.6) is 0 Å². The van der Waals surface area contributed by atoms with Crippen LogP contribution < -0.4 is 0 Å². The summed E-state index contributed by atoms with van der Waals surface area (Å²) in [6, 6.07) is 0. The Morgan fingerprint density at radius 2 is 1.59 bits per heavy atom. The highest BCUT2D eigenvalue weighted by atomic mass is 16.5. The Morgan fingerprint density at radius 1 is 1.06 bits per heavy atom. The lowest BCUT2D eigenvalue weighted by molar-refractivity contribution is -0.0386. The van der Waals surface area contributed by atoms with Crippen LogP contribution in [-0.4, -0.2) is 36.1 Å². The first-order valence-corrected chi connectivity index (χ1v) is 6.76. The van der Waals surface area contributed by atoms with Crippen LogP contribution in [0.3, 0.4) is 0 Å². The number of aliphatic hydroxyl groups is 2. The fourth-order valence-electron chi connectivity index (χ4n) is 2.86. The van der Waals surface area contributed by atoms with Crippen molar-refractivity contribution in [2.75, 3.05) is 20.3 Å². The van der Waals surface area contributed by atoms with Gasteiger partial charge in [-0.05, 0) is 45.4 Å². The van der Waals surface area contributed by atoms with Gasteiger partial charge in [0.25, 0.3) is 0 Å². The van der Waals surface area contributed by atoms with Gasteiger partial charge >= 0.3 is 0 Å². The Hall–Kier alpha value is -0.120. The van der Waals surface area contributed by atoms with Crippen LogP contribution in [0.4, 0.5) is 0 Å². The lowest BCUT2D eigenvalue weighted by Crippen LogP contribution is -2.39. The van der Waals surface area contributed by atoms with Crippen LogP contribution >= 0.6 is 0 Å². The van der Waals surface area contributed by atoms with Crippen LogP contribution in [0.2, 0.25) is 0 Å². The molecule has 0 aromatic heterocycles. The third kappa shape index (κ3) is 3.67. The van der Waals surface area contributed by atoms with E-state index in [4.69, 9.17) is 4.74 Å². The first kappa shape index (κ1) is 14.9. The Kier molecular flexibility index (Phi) is 5.42. The zero-order valence-corrected chi connectivity index (χ0v) is 11.5. The van der Waals surface area contributed by atoms with Crippen molar-refractivity contribution in [1.82, 2.24) is 0 Å². The van der Waals surface area contributed by atoms with Crippen molar-refractivity contribution in [2.24, 2.45) is 11.3 Å². The minimum absolute atomic E-state index is 0.0912. The lowest BCUT2D eigenvalue weighted by atomic mass is 9.71. The first-order chi connectivity index (χ1) is 7.99. The Balaban J connectivity index is 2.64. The van der Waals surface area contributed by atoms with Crippen molar-refractivity contribution < 1.29 is 14.9 Å². The second-order valence-electron chi connectivity index (χ2n) is 6.12. The maximum atomic E-state index is 9.71. The molecule has 1 rings (SSSR count). The molecule has 0 atom stereocenters. The normalized spacial score (nSPS) is 18.9. The van der Waals surface area contributed by atoms with E-state index >= 15 is 0 Å². The van der Waals surface area contributed by atoms with E-state index in [-0.39, 0.29) is 24.2 Å². The summed E-state index contributed by atoms with van der Waals surface area (Å²) in [5.74, 6) is 0.477. The van der Waals surface area contributed by atoms with Crippen molar-refractivity contribution in [3.63, 3.8) is 0 Å². The van der Waals surface area contributed by atoms with Gasteiger partial charge in [-0.2, -0.15) is 0 Å². The summed E-state index contributed by atoms with van der Waals surface area (Å²) in [5, 5.41) is 19.4. The van der Waals surface area contributed by atoms with Gasteiger partial charge in [0.2, 0.25) is 0 Å². The lowest BCUT2D eigenvalue weighted by Gasteiger charge is -2.38. The van der Waals surface area contributed by atoms with Gasteiger partial charge in [0.15, 0.2) is 0 Å². The Labute approximate surface area is 105 Å². The topological polar surface area (TPSA) is 49.7 Å². The average Bonchev–Trinajstić information content (AvgIpc) is 2.85. The molecule has 0 unspecified atom stereocenters. The van der Waals surface area contributed by atoms with Crippen LogP contribution in [-0.2, 0) is 4.74 Å². The molecule has 0 radical (unpaired) electrons. The molecule has 0 aliphatic heterocycles. The number of hydrogen-bond acceptors (Lipinski definition) is 3. The molecule has 3 nitrogen and oxygen atoms in total. The molecule has 0 heterocycles. The molecule has 102 valence electrons. The molecule has 17 heavy (non-hydrogen) atoms. The molecule has 0 saturated heterocycles. The van der Waals surface area contributed by atoms with Crippen LogP contribution in [0.1, 0.15) is 52.4 Å². The summed E-state index contributed by atoms with van der Waals surface area (Å²) in [4.78, 5) is 0. The zero-order valence-electron chi connectivity index (χ0n) is 11.5. The molecule has 0 bridgehead atoms. The van der Waals surface area contributed by atoms with Crippen molar-refractivity contribution in [2.45, 2.75) is 58.0 Å². The summed E-state index contributed by atoms with van der Waals surface area (Å²) >= 11 is 0. The van der Waals surface area contributed by atoms with Crippen LogP contribution in [0, 0.1) is 11.3 Å². The summed E-state index contributed by atoms with van der Waals surface area (Å²) in [5.41, 5.74) is -0.472. The van der Waals surface area contributed by atoms with Crippen LogP contribution in [0.15, 0.2) is 0 Å². The van der Waals surface area contributed by atoms with Crippen molar-refractivity contribution >= 4 is 0 Å². The highest BCUT2D eigenvalue weighted by Gasteiger charge is 2.40. The Morgan fingerprint density at radius 3 is 2.00 bits per heavy atom. The zero-order chi connectivity index (χ0) is 12.9. The first-order valence-electron chi connectivity index (χ1n) is 6.76. The largest absolute Gasteiger partial charge is 0.396 e. The summed E-state index contributed by atoms with van der Waals surface area (Å²) in [6.45, 7) is 4.30. The second-order valence-corrected chi connectivity index (χ2v) is 6.12. The molecule has 0 spiro atoms. The third-order valence-corrected chi connectivity index (χ3v) is 4.63. The van der Waals surface area contributed by atoms with Gasteiger partial charge in [0, 0.05) is 12.5 Å². The SMILES string of the molecule is COC(C)(C)CCC(CO)(CO)C1CCCC1. The van der Waals surface area contributed by atoms with E-state index in [9.17, 15) is 10.2 Å². The average molecular weight is 244 g/mol. The number of methoxy groups -OCH3 is 1. The van der Waals surface area contributed by atoms with Crippen molar-refractivity contribution in [3.05, 3.63) is 0 Å². The van der Waals surface area contributed by atoms with E-state index in [2.05, 4.69) is 13.8 Å². The summed E-state index contributed by atoms with van der Waals surface area (Å²) < 4.78 is 5.42. The smallest absolute Gasteiger partial charge is 0.0623 e. The van der Waals surface area contributed by atoms with Crippen molar-refractivity contribution in [3.8, 4) is 0 Å². The van der Waals surface area contributed by atoms with E-state index in [1.807, 2.05) is 0 Å². The van der Waals surface area contributed by atoms with Crippen LogP contribution in [0.25, 0.3) is 0 Å². The van der Waals surface area contributed by atoms with E-state index in [0.29, 0.717) is 5.92 Å². The molecule has 1 saturated carbocycles. The molecular weight excluding hydrogens is 216 g/mol. The minimum atomic E-state index is -0.299. The van der Waals surface area contributed by atoms with Gasteiger partial charge in [0.1, 0.15) is 0 Å². The molecule has 2 N–H and O–H groups in total. The summed E-state index contributed by atoms with van der Waals surface area (Å²) in [6.07, 6.45) is 6.48. The molecule has 0 aromatic carbocycles. The third-order valence-electron chi connectivity index (χ3n) is 4.63. The van der Waals surface area contributed by atoms with Crippen molar-refractivity contribution in [1.29, 1.82) is 0 Å². The molecule has 0 amide bonds. The number of aliphatic hydroxyl groups excluding tert-OH is 2. The highest BCUT2D eigenvalue weighted by molar-refractivity contribution is 4.90. The number of hydrogen-bond donors (Lipinski definition) is 2. The molecule has 3 heteroatoms. The molecule has 0 aromatic rings. The maximum Gasteiger partial charge on any atom is 0.0623 e. The van der Waals surface area contributed by atoms with Gasteiger partial charge < -0.3 is 14.9 Å². The second kappa shape index (κ2) is 6.17. The highest BCUT2D eigenvalue weighted by Crippen LogP contribution is 2.43. The molecule has 1 fully saturated rings. The summed E-state index contributed by atoms with van der Waals surface area (Å²) in [7, 11) is 1.72. The van der Waals surface area contributed by atoms with Gasteiger partial charge in [-0.25, -0.2) is 0 Å². The predicted molar refractivity (Wildman–Crippen MR) is 68.9 cm³/mol. The molecule has 1 aliphatic rings. The molecule has 1 aliphatic carbocycles. The number of rotatable bonds is 7. The van der Waals surface area contributed by atoms with Gasteiger partial charge in [0.05, 0.1) is 18.8 Å². The fourth-order valence-corrected chi connectivity index (χ4v) is 2.86. The Bertz CT molecular complexity index is 216. The molecular formula is C14H28O3. The van der Waals surface area contributed by atoms with E-state index in [1.165, 1.54) is 12.8 Å². The monoisotopic (exact) mass is 244 g/mol. The van der Waals surface area contributed by atoms with E-state index in [0.717, 1.165) is 25.7 Å². The van der Waals surface area contributed by atoms with Gasteiger partial charge in [-0.15, -0.1) is 0 Å². The maximum absolute atomic E-state index is 9.71. The fraction of sp³-hybridized carbons (Fsp3) is 1.00. The van der Waals surface area contributed by atoms with Gasteiger partial charge in [-0.3, -0.25) is 0 Å². The van der Waals surface area contributed by atoms with E-state index in [1.54, 1.807) is 7.11 Å². The quantitative estimate of drug-likeness (QED) is 0.723. The standard InChI is InChI=1S/C14H28O3/c1-13(2,17-3)8-9-14(10-15,11-16)12-6-4-5-7-12/h12,15-16H,4-11H2,1-3H3. The van der Waals surface area contributed by atoms with Gasteiger partial charge in [-0.1, -0.05) is 12.8 Å².